The molecule has 3 fully saturated rings. The highest BCUT2D eigenvalue weighted by Gasteiger charge is 2.54. The van der Waals surface area contributed by atoms with Crippen LogP contribution in [-0.4, -0.2) is 60.0 Å². The zero-order valence-corrected chi connectivity index (χ0v) is 15.8. The molecule has 0 N–H and O–H groups in total. The van der Waals surface area contributed by atoms with E-state index in [2.05, 4.69) is 29.2 Å². The minimum Gasteiger partial charge on any atom is -0.458 e. The summed E-state index contributed by atoms with van der Waals surface area (Å²) >= 11 is 0. The molecule has 0 unspecified atom stereocenters. The van der Waals surface area contributed by atoms with Crippen LogP contribution < -0.4 is 0 Å². The zero-order valence-electron chi connectivity index (χ0n) is 15.8. The van der Waals surface area contributed by atoms with E-state index in [1.807, 2.05) is 23.1 Å². The summed E-state index contributed by atoms with van der Waals surface area (Å²) in [6.45, 7) is 4.11. The number of esters is 1. The molecule has 1 aliphatic carbocycles. The van der Waals surface area contributed by atoms with Crippen LogP contribution >= 0.6 is 0 Å². The Labute approximate surface area is 161 Å². The van der Waals surface area contributed by atoms with Crippen molar-refractivity contribution < 1.29 is 14.3 Å². The van der Waals surface area contributed by atoms with Gasteiger partial charge in [0.2, 0.25) is 5.91 Å². The molecule has 5 heteroatoms. The summed E-state index contributed by atoms with van der Waals surface area (Å²) in [5, 5.41) is 0. The Hall–Kier alpha value is -2.14. The van der Waals surface area contributed by atoms with Crippen molar-refractivity contribution in [2.45, 2.75) is 37.7 Å². The third-order valence-electron chi connectivity index (χ3n) is 6.23. The third-order valence-corrected chi connectivity index (χ3v) is 6.23. The maximum absolute atomic E-state index is 13.1. The average molecular weight is 368 g/mol. The highest BCUT2D eigenvalue weighted by molar-refractivity contribution is 5.88. The number of hydrogen-bond acceptors (Lipinski definition) is 4. The Kier molecular flexibility index (Phi) is 5.30. The fraction of sp³-hybridized carbons (Fsp3) is 0.545. The van der Waals surface area contributed by atoms with Crippen LogP contribution in [0.25, 0.3) is 6.08 Å². The first-order valence-electron chi connectivity index (χ1n) is 10.1. The molecule has 0 bridgehead atoms. The molecule has 1 amide bonds. The summed E-state index contributed by atoms with van der Waals surface area (Å²) < 4.78 is 5.64. The average Bonchev–Trinajstić information content (AvgIpc) is 3.29. The van der Waals surface area contributed by atoms with Crippen molar-refractivity contribution in [2.24, 2.45) is 5.92 Å². The number of carbonyl (C=O) groups excluding carboxylic acids is 2. The van der Waals surface area contributed by atoms with Gasteiger partial charge < -0.3 is 9.64 Å². The van der Waals surface area contributed by atoms with Gasteiger partial charge in [0.05, 0.1) is 12.3 Å². The molecule has 0 radical (unpaired) electrons. The maximum atomic E-state index is 13.1. The molecular weight excluding hydrogens is 340 g/mol. The van der Waals surface area contributed by atoms with E-state index in [-0.39, 0.29) is 24.2 Å². The molecule has 2 saturated heterocycles. The summed E-state index contributed by atoms with van der Waals surface area (Å²) in [7, 11) is 0. The predicted octanol–water partition coefficient (Wildman–Crippen LogP) is 2.72. The minimum atomic E-state index is -0.496. The number of nitrogens with zero attached hydrogens (tertiary/aromatic N) is 2. The molecule has 1 atom stereocenters. The molecule has 1 saturated carbocycles. The highest BCUT2D eigenvalue weighted by Crippen LogP contribution is 2.46. The van der Waals surface area contributed by atoms with Crippen LogP contribution in [0, 0.1) is 5.92 Å². The molecule has 2 aliphatic heterocycles. The molecule has 1 aromatic rings. The summed E-state index contributed by atoms with van der Waals surface area (Å²) in [4.78, 5) is 29.3. The molecule has 0 aromatic heterocycles. The second-order valence-electron chi connectivity index (χ2n) is 7.94. The third kappa shape index (κ3) is 3.93. The monoisotopic (exact) mass is 368 g/mol. The van der Waals surface area contributed by atoms with Crippen molar-refractivity contribution in [2.75, 3.05) is 32.7 Å². The van der Waals surface area contributed by atoms with Gasteiger partial charge >= 0.3 is 5.97 Å². The molecular formula is C22H28N2O3. The number of amides is 1. The van der Waals surface area contributed by atoms with E-state index in [4.69, 9.17) is 4.74 Å². The predicted molar refractivity (Wildman–Crippen MR) is 104 cm³/mol. The van der Waals surface area contributed by atoms with Crippen LogP contribution in [0.5, 0.6) is 0 Å². The number of hydrogen-bond donors (Lipinski definition) is 0. The fourth-order valence-electron chi connectivity index (χ4n) is 4.70. The molecule has 1 spiro atoms. The van der Waals surface area contributed by atoms with Crippen LogP contribution in [0.1, 0.15) is 37.7 Å². The van der Waals surface area contributed by atoms with E-state index in [9.17, 15) is 9.59 Å². The van der Waals surface area contributed by atoms with Gasteiger partial charge in [-0.05, 0) is 31.2 Å². The molecule has 3 aliphatic rings. The van der Waals surface area contributed by atoms with E-state index in [0.717, 1.165) is 58.4 Å². The maximum Gasteiger partial charge on any atom is 0.307 e. The van der Waals surface area contributed by atoms with Gasteiger partial charge in [-0.2, -0.15) is 0 Å². The van der Waals surface area contributed by atoms with E-state index in [1.165, 1.54) is 5.56 Å². The Morgan fingerprint density at radius 3 is 2.52 bits per heavy atom. The Morgan fingerprint density at radius 1 is 1.11 bits per heavy atom. The SMILES string of the molecule is O=C1C[C@H](C(=O)N2CCN(C/C=C/c3ccccc3)CC2)C2(CCCC2)O1. The van der Waals surface area contributed by atoms with Crippen molar-refractivity contribution in [1.82, 2.24) is 9.80 Å². The first-order chi connectivity index (χ1) is 13.2. The lowest BCUT2D eigenvalue weighted by atomic mass is 9.84. The number of rotatable bonds is 4. The minimum absolute atomic E-state index is 0.127. The van der Waals surface area contributed by atoms with Crippen molar-refractivity contribution in [3.05, 3.63) is 42.0 Å². The first kappa shape index (κ1) is 18.2. The summed E-state index contributed by atoms with van der Waals surface area (Å²) in [5.74, 6) is -0.334. The Morgan fingerprint density at radius 2 is 1.81 bits per heavy atom. The number of piperazine rings is 1. The van der Waals surface area contributed by atoms with Gasteiger partial charge in [0.25, 0.3) is 0 Å². The smallest absolute Gasteiger partial charge is 0.307 e. The number of carbonyl (C=O) groups is 2. The van der Waals surface area contributed by atoms with E-state index >= 15 is 0 Å². The molecule has 1 aromatic carbocycles. The summed E-state index contributed by atoms with van der Waals surface area (Å²) in [6, 6.07) is 10.3. The summed E-state index contributed by atoms with van der Waals surface area (Å²) in [6.07, 6.45) is 8.39. The standard InChI is InChI=1S/C22H28N2O3/c25-20-17-19(22(27-20)10-4-5-11-22)21(26)24-15-13-23(14-16-24)12-6-9-18-7-2-1-3-8-18/h1-3,6-9,19H,4-5,10-17H2/b9-6+/t19-/m1/s1. The molecule has 5 nitrogen and oxygen atoms in total. The van der Waals surface area contributed by atoms with Crippen molar-refractivity contribution in [3.63, 3.8) is 0 Å². The van der Waals surface area contributed by atoms with Gasteiger partial charge in [0.15, 0.2) is 0 Å². The topological polar surface area (TPSA) is 49.9 Å². The molecule has 4 rings (SSSR count). The van der Waals surface area contributed by atoms with E-state index in [1.54, 1.807) is 0 Å². The number of ether oxygens (including phenoxy) is 1. The van der Waals surface area contributed by atoms with Gasteiger partial charge in [0, 0.05) is 32.7 Å². The lowest BCUT2D eigenvalue weighted by Gasteiger charge is -2.37. The molecule has 27 heavy (non-hydrogen) atoms. The van der Waals surface area contributed by atoms with Crippen LogP contribution in [-0.2, 0) is 14.3 Å². The normalized spacial score (nSPS) is 25.4. The lowest BCUT2D eigenvalue weighted by Crippen LogP contribution is -2.52. The lowest BCUT2D eigenvalue weighted by molar-refractivity contribution is -0.152. The van der Waals surface area contributed by atoms with Gasteiger partial charge in [-0.25, -0.2) is 0 Å². The van der Waals surface area contributed by atoms with Crippen molar-refractivity contribution >= 4 is 18.0 Å². The zero-order chi connectivity index (χ0) is 18.7. The van der Waals surface area contributed by atoms with Crippen molar-refractivity contribution in [3.8, 4) is 0 Å². The van der Waals surface area contributed by atoms with E-state index < -0.39 is 5.60 Å². The second kappa shape index (κ2) is 7.85. The molecule has 2 heterocycles. The van der Waals surface area contributed by atoms with Gasteiger partial charge in [-0.3, -0.25) is 14.5 Å². The fourth-order valence-corrected chi connectivity index (χ4v) is 4.70. The largest absolute Gasteiger partial charge is 0.458 e. The summed E-state index contributed by atoms with van der Waals surface area (Å²) in [5.41, 5.74) is 0.711. The van der Waals surface area contributed by atoms with Gasteiger partial charge in [0.1, 0.15) is 5.60 Å². The van der Waals surface area contributed by atoms with E-state index in [0.29, 0.717) is 0 Å². The Bertz CT molecular complexity index is 702. The van der Waals surface area contributed by atoms with Gasteiger partial charge in [-0.15, -0.1) is 0 Å². The van der Waals surface area contributed by atoms with Gasteiger partial charge in [-0.1, -0.05) is 42.5 Å². The van der Waals surface area contributed by atoms with Crippen LogP contribution in [0.4, 0.5) is 0 Å². The highest BCUT2D eigenvalue weighted by atomic mass is 16.6. The first-order valence-corrected chi connectivity index (χ1v) is 10.1. The Balaban J connectivity index is 1.29. The van der Waals surface area contributed by atoms with Crippen molar-refractivity contribution in [1.29, 1.82) is 0 Å². The van der Waals surface area contributed by atoms with Crippen LogP contribution in [0.15, 0.2) is 36.4 Å². The quantitative estimate of drug-likeness (QED) is 0.767. The van der Waals surface area contributed by atoms with Crippen LogP contribution in [0.3, 0.4) is 0 Å². The second-order valence-corrected chi connectivity index (χ2v) is 7.94. The van der Waals surface area contributed by atoms with Crippen LogP contribution in [0.2, 0.25) is 0 Å². The molecule has 144 valence electrons. The number of benzene rings is 1.